The first-order chi connectivity index (χ1) is 9.60. The fraction of sp³-hybridized carbons (Fsp3) is 0.133. The maximum atomic E-state index is 11.2. The molecular weight excluding hydrogens is 256 g/mol. The van der Waals surface area contributed by atoms with Crippen molar-refractivity contribution in [3.05, 3.63) is 53.6 Å². The molecule has 0 atom stereocenters. The molecule has 2 aromatic rings. The van der Waals surface area contributed by atoms with Gasteiger partial charge in [-0.05, 0) is 35.9 Å². The van der Waals surface area contributed by atoms with Crippen LogP contribution in [0.1, 0.15) is 15.9 Å². The van der Waals surface area contributed by atoms with Gasteiger partial charge in [0.05, 0.1) is 17.9 Å². The number of carboxylic acids is 1. The van der Waals surface area contributed by atoms with Crippen molar-refractivity contribution in [3.8, 4) is 0 Å². The Bertz CT molecular complexity index is 626. The monoisotopic (exact) mass is 272 g/mol. The molecule has 0 unspecified atom stereocenters. The maximum absolute atomic E-state index is 11.2. The summed E-state index contributed by atoms with van der Waals surface area (Å²) in [6.07, 6.45) is 0. The number of hydrogen-bond donors (Lipinski definition) is 3. The van der Waals surface area contributed by atoms with Crippen molar-refractivity contribution in [2.24, 2.45) is 0 Å². The molecule has 5 nitrogen and oxygen atoms in total. The van der Waals surface area contributed by atoms with Crippen LogP contribution in [-0.2, 0) is 11.3 Å². The second kappa shape index (κ2) is 6.08. The number of ether oxygens (including phenoxy) is 1. The molecule has 0 aromatic heterocycles. The lowest BCUT2D eigenvalue weighted by Crippen LogP contribution is -2.04. The first-order valence-corrected chi connectivity index (χ1v) is 6.08. The molecule has 0 heterocycles. The highest BCUT2D eigenvalue weighted by molar-refractivity contribution is 5.96. The first-order valence-electron chi connectivity index (χ1n) is 6.08. The Labute approximate surface area is 117 Å². The fourth-order valence-electron chi connectivity index (χ4n) is 1.91. The Balaban J connectivity index is 2.30. The number of aromatic carboxylic acids is 1. The summed E-state index contributed by atoms with van der Waals surface area (Å²) in [5.41, 5.74) is 8.48. The third kappa shape index (κ3) is 3.27. The van der Waals surface area contributed by atoms with Gasteiger partial charge < -0.3 is 20.9 Å². The van der Waals surface area contributed by atoms with Gasteiger partial charge in [-0.3, -0.25) is 0 Å². The average Bonchev–Trinajstić information content (AvgIpc) is 2.41. The minimum Gasteiger partial charge on any atom is -0.478 e. The van der Waals surface area contributed by atoms with Crippen LogP contribution in [0.3, 0.4) is 0 Å². The van der Waals surface area contributed by atoms with E-state index in [9.17, 15) is 9.90 Å². The van der Waals surface area contributed by atoms with Gasteiger partial charge in [0.1, 0.15) is 0 Å². The highest BCUT2D eigenvalue weighted by Gasteiger charge is 2.10. The van der Waals surface area contributed by atoms with Crippen molar-refractivity contribution in [1.29, 1.82) is 0 Å². The normalized spacial score (nSPS) is 10.2. The number of benzene rings is 2. The van der Waals surface area contributed by atoms with E-state index in [1.807, 2.05) is 24.3 Å². The van der Waals surface area contributed by atoms with Crippen molar-refractivity contribution in [1.82, 2.24) is 0 Å². The molecule has 0 spiro atoms. The van der Waals surface area contributed by atoms with Crippen molar-refractivity contribution in [3.63, 3.8) is 0 Å². The van der Waals surface area contributed by atoms with E-state index in [2.05, 4.69) is 5.32 Å². The zero-order chi connectivity index (χ0) is 14.5. The van der Waals surface area contributed by atoms with Gasteiger partial charge in [-0.1, -0.05) is 12.1 Å². The standard InChI is InChI=1S/C15H16N2O3/c1-20-9-10-3-2-4-12(7-10)17-14-6-5-11(16)8-13(14)15(18)19/h2-8,17H,9,16H2,1H3,(H,18,19). The van der Waals surface area contributed by atoms with Gasteiger partial charge in [0.2, 0.25) is 0 Å². The number of methoxy groups -OCH3 is 1. The predicted octanol–water partition coefficient (Wildman–Crippen LogP) is 2.86. The van der Waals surface area contributed by atoms with Crippen molar-refractivity contribution in [2.75, 3.05) is 18.2 Å². The summed E-state index contributed by atoms with van der Waals surface area (Å²) < 4.78 is 5.07. The Hall–Kier alpha value is -2.53. The molecule has 0 amide bonds. The van der Waals surface area contributed by atoms with E-state index in [1.54, 1.807) is 19.2 Å². The van der Waals surface area contributed by atoms with Crippen LogP contribution in [0.2, 0.25) is 0 Å². The minimum atomic E-state index is -1.02. The highest BCUT2D eigenvalue weighted by atomic mass is 16.5. The molecule has 0 saturated heterocycles. The number of nitrogen functional groups attached to an aromatic ring is 1. The SMILES string of the molecule is COCc1cccc(Nc2ccc(N)cc2C(=O)O)c1. The van der Waals surface area contributed by atoms with E-state index in [0.717, 1.165) is 11.3 Å². The van der Waals surface area contributed by atoms with E-state index in [-0.39, 0.29) is 5.56 Å². The summed E-state index contributed by atoms with van der Waals surface area (Å²) in [6.45, 7) is 0.503. The van der Waals surface area contributed by atoms with Gasteiger partial charge in [0.25, 0.3) is 0 Å². The average molecular weight is 272 g/mol. The lowest BCUT2D eigenvalue weighted by Gasteiger charge is -2.11. The molecule has 5 heteroatoms. The maximum Gasteiger partial charge on any atom is 0.337 e. The zero-order valence-corrected chi connectivity index (χ0v) is 11.1. The topological polar surface area (TPSA) is 84.6 Å². The molecular formula is C15H16N2O3. The van der Waals surface area contributed by atoms with Crippen LogP contribution in [0.15, 0.2) is 42.5 Å². The summed E-state index contributed by atoms with van der Waals surface area (Å²) in [5.74, 6) is -1.02. The van der Waals surface area contributed by atoms with Crippen molar-refractivity contribution < 1.29 is 14.6 Å². The van der Waals surface area contributed by atoms with Crippen LogP contribution in [0.5, 0.6) is 0 Å². The second-order valence-corrected chi connectivity index (χ2v) is 4.37. The number of nitrogens with two attached hydrogens (primary N) is 1. The molecule has 0 aliphatic rings. The Morgan fingerprint density at radius 1 is 1.30 bits per heavy atom. The van der Waals surface area contributed by atoms with Gasteiger partial charge in [0.15, 0.2) is 0 Å². The largest absolute Gasteiger partial charge is 0.478 e. The molecule has 0 saturated carbocycles. The summed E-state index contributed by atoms with van der Waals surface area (Å²) in [6, 6.07) is 12.3. The van der Waals surface area contributed by atoms with Crippen LogP contribution in [-0.4, -0.2) is 18.2 Å². The van der Waals surface area contributed by atoms with E-state index in [4.69, 9.17) is 10.5 Å². The van der Waals surface area contributed by atoms with E-state index >= 15 is 0 Å². The smallest absolute Gasteiger partial charge is 0.337 e. The Morgan fingerprint density at radius 3 is 2.80 bits per heavy atom. The second-order valence-electron chi connectivity index (χ2n) is 4.37. The minimum absolute atomic E-state index is 0.141. The van der Waals surface area contributed by atoms with E-state index < -0.39 is 5.97 Å². The molecule has 0 aliphatic heterocycles. The number of carboxylic acid groups (broad SMARTS) is 1. The Kier molecular flexibility index (Phi) is 4.22. The quantitative estimate of drug-likeness (QED) is 0.729. The number of rotatable bonds is 5. The molecule has 0 bridgehead atoms. The summed E-state index contributed by atoms with van der Waals surface area (Å²) in [5, 5.41) is 12.3. The first kappa shape index (κ1) is 13.9. The van der Waals surface area contributed by atoms with Crippen molar-refractivity contribution >= 4 is 23.0 Å². The molecule has 4 N–H and O–H groups in total. The van der Waals surface area contributed by atoms with Crippen molar-refractivity contribution in [2.45, 2.75) is 6.61 Å². The van der Waals surface area contributed by atoms with Crippen LogP contribution in [0.4, 0.5) is 17.1 Å². The number of anilines is 3. The van der Waals surface area contributed by atoms with Crippen LogP contribution in [0.25, 0.3) is 0 Å². The highest BCUT2D eigenvalue weighted by Crippen LogP contribution is 2.24. The van der Waals surface area contributed by atoms with E-state index in [1.165, 1.54) is 6.07 Å². The molecule has 20 heavy (non-hydrogen) atoms. The third-order valence-electron chi connectivity index (χ3n) is 2.79. The summed E-state index contributed by atoms with van der Waals surface area (Å²) >= 11 is 0. The Morgan fingerprint density at radius 2 is 2.10 bits per heavy atom. The molecule has 2 rings (SSSR count). The van der Waals surface area contributed by atoms with Crippen LogP contribution < -0.4 is 11.1 Å². The third-order valence-corrected chi connectivity index (χ3v) is 2.79. The van der Waals surface area contributed by atoms with Crippen LogP contribution >= 0.6 is 0 Å². The van der Waals surface area contributed by atoms with Gasteiger partial charge >= 0.3 is 5.97 Å². The molecule has 2 aromatic carbocycles. The fourth-order valence-corrected chi connectivity index (χ4v) is 1.91. The lowest BCUT2D eigenvalue weighted by molar-refractivity contribution is 0.0698. The van der Waals surface area contributed by atoms with Gasteiger partial charge in [-0.25, -0.2) is 4.79 Å². The van der Waals surface area contributed by atoms with Crippen LogP contribution in [0, 0.1) is 0 Å². The number of nitrogens with one attached hydrogen (secondary N) is 1. The van der Waals surface area contributed by atoms with Gasteiger partial charge in [0, 0.05) is 18.5 Å². The molecule has 0 radical (unpaired) electrons. The van der Waals surface area contributed by atoms with Gasteiger partial charge in [-0.2, -0.15) is 0 Å². The van der Waals surface area contributed by atoms with E-state index in [0.29, 0.717) is 18.0 Å². The summed E-state index contributed by atoms with van der Waals surface area (Å²) in [7, 11) is 1.63. The molecule has 0 aliphatic carbocycles. The molecule has 104 valence electrons. The van der Waals surface area contributed by atoms with Gasteiger partial charge in [-0.15, -0.1) is 0 Å². The number of carbonyl (C=O) groups is 1. The lowest BCUT2D eigenvalue weighted by atomic mass is 10.1. The number of hydrogen-bond acceptors (Lipinski definition) is 4. The predicted molar refractivity (Wildman–Crippen MR) is 78.3 cm³/mol. The molecule has 0 fully saturated rings. The summed E-state index contributed by atoms with van der Waals surface area (Å²) in [4.78, 5) is 11.2. The zero-order valence-electron chi connectivity index (χ0n) is 11.1.